The van der Waals surface area contributed by atoms with Gasteiger partial charge in [0.2, 0.25) is 5.91 Å². The Morgan fingerprint density at radius 1 is 1.13 bits per heavy atom. The molecule has 0 saturated heterocycles. The zero-order valence-corrected chi connectivity index (χ0v) is 19.1. The lowest BCUT2D eigenvalue weighted by Gasteiger charge is -2.33. The maximum absolute atomic E-state index is 13.6. The number of ether oxygens (including phenoxy) is 1. The van der Waals surface area contributed by atoms with Crippen molar-refractivity contribution in [3.63, 3.8) is 0 Å². The topological polar surface area (TPSA) is 84.4 Å². The van der Waals surface area contributed by atoms with Crippen LogP contribution in [0.3, 0.4) is 0 Å². The third-order valence-electron chi connectivity index (χ3n) is 4.53. The number of carbonyl (C=O) groups is 2. The smallest absolute Gasteiger partial charge is 0.280 e. The zero-order valence-electron chi connectivity index (χ0n) is 18.2. The van der Waals surface area contributed by atoms with Gasteiger partial charge in [0.05, 0.1) is 7.11 Å². The Kier molecular flexibility index (Phi) is 6.70. The molecule has 0 radical (unpaired) electrons. The number of anilines is 1. The van der Waals surface area contributed by atoms with Gasteiger partial charge in [-0.2, -0.15) is 0 Å². The highest BCUT2D eigenvalue weighted by atomic mass is 32.1. The van der Waals surface area contributed by atoms with Gasteiger partial charge in [0.1, 0.15) is 11.8 Å². The van der Waals surface area contributed by atoms with E-state index in [4.69, 9.17) is 4.74 Å². The molecule has 162 valence electrons. The van der Waals surface area contributed by atoms with Crippen molar-refractivity contribution in [2.24, 2.45) is 0 Å². The normalized spacial score (nSPS) is 12.2. The lowest BCUT2D eigenvalue weighted by atomic mass is 9.99. The van der Waals surface area contributed by atoms with Crippen molar-refractivity contribution >= 4 is 29.0 Å². The van der Waals surface area contributed by atoms with Crippen LogP contribution in [0.2, 0.25) is 0 Å². The first-order chi connectivity index (χ1) is 14.7. The second-order valence-corrected chi connectivity index (χ2v) is 8.83. The molecule has 2 aromatic carbocycles. The monoisotopic (exact) mass is 438 g/mol. The molecule has 0 bridgehead atoms. The number of nitrogens with zero attached hydrogens (tertiary/aromatic N) is 3. The number of hydrogen-bond donors (Lipinski definition) is 1. The molecule has 0 saturated carbocycles. The molecule has 3 aromatic rings. The number of aryl methyl sites for hydroxylation is 1. The third-order valence-corrected chi connectivity index (χ3v) is 5.03. The first-order valence-electron chi connectivity index (χ1n) is 9.83. The van der Waals surface area contributed by atoms with Crippen LogP contribution in [0.15, 0.2) is 53.9 Å². The molecule has 1 aromatic heterocycles. The van der Waals surface area contributed by atoms with Gasteiger partial charge >= 0.3 is 0 Å². The van der Waals surface area contributed by atoms with E-state index in [1.807, 2.05) is 52.0 Å². The predicted octanol–water partition coefficient (Wildman–Crippen LogP) is 4.16. The summed E-state index contributed by atoms with van der Waals surface area (Å²) in [4.78, 5) is 28.5. The van der Waals surface area contributed by atoms with E-state index in [0.717, 1.165) is 17.1 Å². The first kappa shape index (κ1) is 22.4. The minimum atomic E-state index is -0.916. The molecule has 1 unspecified atom stereocenters. The van der Waals surface area contributed by atoms with Gasteiger partial charge in [-0.25, -0.2) is 0 Å². The van der Waals surface area contributed by atoms with Crippen molar-refractivity contribution in [2.45, 2.75) is 39.3 Å². The second-order valence-electron chi connectivity index (χ2n) is 8.22. The molecule has 3 rings (SSSR count). The second kappa shape index (κ2) is 9.26. The van der Waals surface area contributed by atoms with Gasteiger partial charge < -0.3 is 10.1 Å². The highest BCUT2D eigenvalue weighted by molar-refractivity contribution is 7.03. The minimum absolute atomic E-state index is 0.175. The van der Waals surface area contributed by atoms with Crippen molar-refractivity contribution in [2.75, 3.05) is 12.0 Å². The Balaban J connectivity index is 2.19. The Labute approximate surface area is 186 Å². The van der Waals surface area contributed by atoms with Crippen LogP contribution in [0.25, 0.3) is 0 Å². The van der Waals surface area contributed by atoms with E-state index in [2.05, 4.69) is 14.9 Å². The molecule has 8 heteroatoms. The molecule has 31 heavy (non-hydrogen) atoms. The first-order valence-corrected chi connectivity index (χ1v) is 10.7. The fourth-order valence-corrected chi connectivity index (χ4v) is 3.56. The SMILES string of the molecule is COc1cccc(N(C(=O)c2csnn2)C(C(=O)NC(C)(C)C)c2ccc(C)cc2)c1. The Morgan fingerprint density at radius 2 is 1.84 bits per heavy atom. The Morgan fingerprint density at radius 3 is 2.42 bits per heavy atom. The van der Waals surface area contributed by atoms with Gasteiger partial charge in [0, 0.05) is 22.7 Å². The van der Waals surface area contributed by atoms with Crippen molar-refractivity contribution < 1.29 is 14.3 Å². The van der Waals surface area contributed by atoms with E-state index in [1.165, 1.54) is 4.90 Å². The van der Waals surface area contributed by atoms with E-state index in [1.54, 1.807) is 36.8 Å². The number of carbonyl (C=O) groups excluding carboxylic acids is 2. The van der Waals surface area contributed by atoms with Crippen LogP contribution in [-0.2, 0) is 4.79 Å². The highest BCUT2D eigenvalue weighted by Gasteiger charge is 2.36. The number of methoxy groups -OCH3 is 1. The molecule has 1 N–H and O–H groups in total. The number of aromatic nitrogens is 2. The van der Waals surface area contributed by atoms with Crippen LogP contribution in [0.4, 0.5) is 5.69 Å². The summed E-state index contributed by atoms with van der Waals surface area (Å²) in [5.74, 6) is -0.141. The average molecular weight is 439 g/mol. The predicted molar refractivity (Wildman–Crippen MR) is 122 cm³/mol. The molecule has 0 fully saturated rings. The van der Waals surface area contributed by atoms with E-state index in [0.29, 0.717) is 17.0 Å². The standard InChI is InChI=1S/C23H26N4O3S/c1-15-9-11-16(12-10-15)20(21(28)24-23(2,3)4)27(22(29)19-14-31-26-25-19)17-7-6-8-18(13-17)30-5/h6-14,20H,1-5H3,(H,24,28). The van der Waals surface area contributed by atoms with E-state index < -0.39 is 17.5 Å². The van der Waals surface area contributed by atoms with Crippen LogP contribution >= 0.6 is 11.5 Å². The van der Waals surface area contributed by atoms with Gasteiger partial charge in [-0.05, 0) is 56.9 Å². The molecular weight excluding hydrogens is 412 g/mol. The molecule has 0 aliphatic heterocycles. The zero-order chi connectivity index (χ0) is 22.6. The Bertz CT molecular complexity index is 1040. The van der Waals surface area contributed by atoms with Crippen LogP contribution < -0.4 is 15.0 Å². The molecular formula is C23H26N4O3S. The molecule has 1 heterocycles. The summed E-state index contributed by atoms with van der Waals surface area (Å²) in [5.41, 5.74) is 1.96. The summed E-state index contributed by atoms with van der Waals surface area (Å²) in [5, 5.41) is 8.53. The quantitative estimate of drug-likeness (QED) is 0.625. The van der Waals surface area contributed by atoms with E-state index in [-0.39, 0.29) is 11.6 Å². The number of rotatable bonds is 6. The molecule has 0 aliphatic carbocycles. The van der Waals surface area contributed by atoms with E-state index >= 15 is 0 Å². The van der Waals surface area contributed by atoms with Crippen molar-refractivity contribution in [1.82, 2.24) is 14.9 Å². The van der Waals surface area contributed by atoms with Gasteiger partial charge in [0.25, 0.3) is 5.91 Å². The number of benzene rings is 2. The van der Waals surface area contributed by atoms with Crippen molar-refractivity contribution in [3.8, 4) is 5.75 Å². The van der Waals surface area contributed by atoms with Crippen LogP contribution in [0, 0.1) is 6.92 Å². The summed E-state index contributed by atoms with van der Waals surface area (Å²) in [6, 6.07) is 13.7. The summed E-state index contributed by atoms with van der Waals surface area (Å²) in [7, 11) is 1.55. The largest absolute Gasteiger partial charge is 0.497 e. The van der Waals surface area contributed by atoms with Gasteiger partial charge in [-0.3, -0.25) is 14.5 Å². The Hall–Kier alpha value is -3.26. The van der Waals surface area contributed by atoms with Crippen LogP contribution in [0.5, 0.6) is 5.75 Å². The lowest BCUT2D eigenvalue weighted by molar-refractivity contribution is -0.123. The fourth-order valence-electron chi connectivity index (χ4n) is 3.13. The molecule has 0 spiro atoms. The van der Waals surface area contributed by atoms with E-state index in [9.17, 15) is 9.59 Å². The number of hydrogen-bond acceptors (Lipinski definition) is 6. The van der Waals surface area contributed by atoms with Gasteiger partial charge in [-0.15, -0.1) is 5.10 Å². The fraction of sp³-hybridized carbons (Fsp3) is 0.304. The van der Waals surface area contributed by atoms with Crippen molar-refractivity contribution in [3.05, 3.63) is 70.7 Å². The molecule has 1 atom stereocenters. The molecule has 2 amide bonds. The van der Waals surface area contributed by atoms with Gasteiger partial charge in [-0.1, -0.05) is 40.4 Å². The van der Waals surface area contributed by atoms with Crippen molar-refractivity contribution in [1.29, 1.82) is 0 Å². The molecule has 0 aliphatic rings. The number of amides is 2. The maximum Gasteiger partial charge on any atom is 0.280 e. The average Bonchev–Trinajstić information content (AvgIpc) is 3.26. The lowest BCUT2D eigenvalue weighted by Crippen LogP contribution is -2.49. The summed E-state index contributed by atoms with van der Waals surface area (Å²) < 4.78 is 9.17. The molecule has 7 nitrogen and oxygen atoms in total. The van der Waals surface area contributed by atoms with Crippen LogP contribution in [-0.4, -0.2) is 34.1 Å². The number of nitrogens with one attached hydrogen (secondary N) is 1. The minimum Gasteiger partial charge on any atom is -0.497 e. The highest BCUT2D eigenvalue weighted by Crippen LogP contribution is 2.32. The van der Waals surface area contributed by atoms with Crippen LogP contribution in [0.1, 0.15) is 48.4 Å². The maximum atomic E-state index is 13.6. The van der Waals surface area contributed by atoms with Gasteiger partial charge in [0.15, 0.2) is 5.69 Å². The summed E-state index contributed by atoms with van der Waals surface area (Å²) in [6.45, 7) is 7.68. The summed E-state index contributed by atoms with van der Waals surface area (Å²) in [6.07, 6.45) is 0. The summed E-state index contributed by atoms with van der Waals surface area (Å²) >= 11 is 1.08. The third kappa shape index (κ3) is 5.46.